The van der Waals surface area contributed by atoms with E-state index in [1.165, 1.54) is 3.09 Å². The number of aromatic nitrogens is 3. The molecule has 0 aliphatic carbocycles. The first kappa shape index (κ1) is 7.31. The molecule has 11 heavy (non-hydrogen) atoms. The van der Waals surface area contributed by atoms with Gasteiger partial charge >= 0.3 is 80.6 Å². The average Bonchev–Trinajstić information content (AvgIpc) is 2.32. The summed E-state index contributed by atoms with van der Waals surface area (Å²) in [6, 6.07) is 5.41. The van der Waals surface area contributed by atoms with Crippen molar-refractivity contribution >= 4 is 22.6 Å². The van der Waals surface area contributed by atoms with Crippen LogP contribution in [0.25, 0.3) is 11.0 Å². The molecule has 0 radical (unpaired) electrons. The predicted octanol–water partition coefficient (Wildman–Crippen LogP) is 1.39. The summed E-state index contributed by atoms with van der Waals surface area (Å²) in [5, 5.41) is 8.29. The fourth-order valence-electron chi connectivity index (χ4n) is 0.850. The van der Waals surface area contributed by atoms with Crippen molar-refractivity contribution in [2.24, 2.45) is 0 Å². The van der Waals surface area contributed by atoms with Crippen LogP contribution in [0.2, 0.25) is 5.02 Å². The van der Waals surface area contributed by atoms with Gasteiger partial charge in [-0.3, -0.25) is 0 Å². The van der Waals surface area contributed by atoms with E-state index < -0.39 is 0 Å². The number of fused-ring (bicyclic) bond motifs is 1. The SMILES string of the molecule is Clc1ccc2c(c1)nn[n]2[Ag]. The Hall–Kier alpha value is -0.350. The normalized spacial score (nSPS) is 10.8. The van der Waals surface area contributed by atoms with Crippen LogP contribution in [0.5, 0.6) is 0 Å². The number of nitrogens with zero attached hydrogens (tertiary/aromatic N) is 3. The van der Waals surface area contributed by atoms with E-state index in [1.54, 1.807) is 12.1 Å². The van der Waals surface area contributed by atoms with Gasteiger partial charge in [-0.05, 0) is 0 Å². The van der Waals surface area contributed by atoms with Crippen LogP contribution in [-0.4, -0.2) is 13.4 Å². The number of hydrogen-bond acceptors (Lipinski definition) is 2. The van der Waals surface area contributed by atoms with Crippen LogP contribution in [0.1, 0.15) is 0 Å². The number of benzene rings is 1. The minimum atomic E-state index is 0.671. The van der Waals surface area contributed by atoms with Gasteiger partial charge in [0.1, 0.15) is 0 Å². The Kier molecular flexibility index (Phi) is 1.73. The van der Waals surface area contributed by atoms with E-state index in [2.05, 4.69) is 31.6 Å². The molecule has 5 heteroatoms. The van der Waals surface area contributed by atoms with Gasteiger partial charge in [0, 0.05) is 0 Å². The van der Waals surface area contributed by atoms with Gasteiger partial charge in [-0.15, -0.1) is 0 Å². The minimum absolute atomic E-state index is 0.671. The van der Waals surface area contributed by atoms with Crippen LogP contribution in [-0.2, 0) is 21.3 Å². The van der Waals surface area contributed by atoms with Crippen molar-refractivity contribution in [3.8, 4) is 0 Å². The summed E-state index contributed by atoms with van der Waals surface area (Å²) in [6.07, 6.45) is 0. The van der Waals surface area contributed by atoms with Crippen LogP contribution in [0, 0.1) is 0 Å². The number of halogens is 1. The Morgan fingerprint density at radius 1 is 1.45 bits per heavy atom. The van der Waals surface area contributed by atoms with Gasteiger partial charge in [0.05, 0.1) is 0 Å². The Balaban J connectivity index is 2.86. The standard InChI is InChI=1S/C6H3ClN3.Ag/c7-4-1-2-5-6(3-4)9-10-8-5;/h1-3H;/q-1;+1. The molecule has 60 valence electrons. The second-order valence-electron chi connectivity index (χ2n) is 2.05. The molecule has 0 spiro atoms. The van der Waals surface area contributed by atoms with E-state index in [0.717, 1.165) is 11.0 Å². The van der Waals surface area contributed by atoms with Crippen LogP contribution in [0.4, 0.5) is 0 Å². The first-order valence-electron chi connectivity index (χ1n) is 2.91. The molecule has 2 aromatic rings. The summed E-state index contributed by atoms with van der Waals surface area (Å²) in [7, 11) is 0. The Bertz CT molecular complexity index is 398. The monoisotopic (exact) mass is 259 g/mol. The molecule has 0 bridgehead atoms. The summed E-state index contributed by atoms with van der Waals surface area (Å²) in [5.74, 6) is 0. The third-order valence-electron chi connectivity index (χ3n) is 1.34. The molecule has 0 aliphatic heterocycles. The zero-order valence-corrected chi connectivity index (χ0v) is 7.49. The fourth-order valence-corrected chi connectivity index (χ4v) is 1.36. The van der Waals surface area contributed by atoms with Gasteiger partial charge < -0.3 is 0 Å². The van der Waals surface area contributed by atoms with Gasteiger partial charge in [-0.2, -0.15) is 0 Å². The van der Waals surface area contributed by atoms with Crippen molar-refractivity contribution in [1.29, 1.82) is 0 Å². The summed E-state index contributed by atoms with van der Waals surface area (Å²) < 4.78 is 1.52. The van der Waals surface area contributed by atoms with Gasteiger partial charge in [0.15, 0.2) is 0 Å². The Morgan fingerprint density at radius 2 is 2.27 bits per heavy atom. The molecule has 0 unspecified atom stereocenters. The van der Waals surface area contributed by atoms with Gasteiger partial charge in [0.25, 0.3) is 0 Å². The predicted molar refractivity (Wildman–Crippen MR) is 37.9 cm³/mol. The quantitative estimate of drug-likeness (QED) is 0.670. The zero-order chi connectivity index (χ0) is 7.84. The van der Waals surface area contributed by atoms with Crippen molar-refractivity contribution < 1.29 is 21.3 Å². The summed E-state index contributed by atoms with van der Waals surface area (Å²) in [5.41, 5.74) is 1.70. The third-order valence-corrected chi connectivity index (χ3v) is 2.07. The fraction of sp³-hybridized carbons (Fsp3) is 0. The second kappa shape index (κ2) is 2.60. The molecule has 0 amide bonds. The van der Waals surface area contributed by atoms with Gasteiger partial charge in [-0.25, -0.2) is 0 Å². The van der Waals surface area contributed by atoms with Gasteiger partial charge in [0.2, 0.25) is 0 Å². The van der Waals surface area contributed by atoms with E-state index in [9.17, 15) is 0 Å². The molecule has 0 aliphatic rings. The van der Waals surface area contributed by atoms with Crippen molar-refractivity contribution in [1.82, 2.24) is 13.4 Å². The van der Waals surface area contributed by atoms with Crippen LogP contribution in [0.3, 0.4) is 0 Å². The van der Waals surface area contributed by atoms with E-state index in [4.69, 9.17) is 11.6 Å². The molecule has 2 rings (SSSR count). The molecule has 0 atom stereocenters. The van der Waals surface area contributed by atoms with E-state index in [-0.39, 0.29) is 0 Å². The molecule has 0 fully saturated rings. The molecule has 0 N–H and O–H groups in total. The van der Waals surface area contributed by atoms with Crippen molar-refractivity contribution in [2.75, 3.05) is 0 Å². The van der Waals surface area contributed by atoms with E-state index >= 15 is 0 Å². The summed E-state index contributed by atoms with van der Waals surface area (Å²) in [6.45, 7) is 0. The molecule has 1 heterocycles. The molecular formula is C6H3AgClN3. The average molecular weight is 260 g/mol. The first-order chi connectivity index (χ1) is 5.27. The Morgan fingerprint density at radius 3 is 3.09 bits per heavy atom. The maximum atomic E-state index is 5.74. The van der Waals surface area contributed by atoms with Crippen LogP contribution in [0.15, 0.2) is 18.2 Å². The van der Waals surface area contributed by atoms with Crippen molar-refractivity contribution in [3.63, 3.8) is 0 Å². The Labute approximate surface area is 80.6 Å². The summed E-state index contributed by atoms with van der Waals surface area (Å²) in [4.78, 5) is 0. The van der Waals surface area contributed by atoms with E-state index in [1.807, 2.05) is 6.07 Å². The molecule has 0 saturated carbocycles. The third kappa shape index (κ3) is 1.20. The molecule has 1 aromatic carbocycles. The summed E-state index contributed by atoms with van der Waals surface area (Å²) >= 11 is 8.94. The number of hydrogen-bond donors (Lipinski definition) is 0. The molecule has 3 nitrogen and oxygen atoms in total. The van der Waals surface area contributed by atoms with Crippen molar-refractivity contribution in [3.05, 3.63) is 23.2 Å². The molecule has 1 aromatic heterocycles. The maximum absolute atomic E-state index is 5.74. The second-order valence-corrected chi connectivity index (χ2v) is 3.11. The van der Waals surface area contributed by atoms with Gasteiger partial charge in [-0.1, -0.05) is 0 Å². The van der Waals surface area contributed by atoms with Crippen molar-refractivity contribution in [2.45, 2.75) is 0 Å². The van der Waals surface area contributed by atoms with E-state index in [0.29, 0.717) is 5.02 Å². The molecular weight excluding hydrogens is 257 g/mol. The zero-order valence-electron chi connectivity index (χ0n) is 5.25. The van der Waals surface area contributed by atoms with Crippen LogP contribution >= 0.6 is 11.6 Å². The molecule has 0 saturated heterocycles. The number of rotatable bonds is 0. The topological polar surface area (TPSA) is 30.7 Å². The van der Waals surface area contributed by atoms with Crippen LogP contribution < -0.4 is 0 Å². The first-order valence-corrected chi connectivity index (χ1v) is 3.95.